The van der Waals surface area contributed by atoms with Gasteiger partial charge in [0.15, 0.2) is 0 Å². The standard InChI is InChI=1S/C16H30N2O/c1-13(2)10-15(12-17)11-16(19)18-9-8-14-6-4-3-5-7-14/h6,13,15H,3-5,7-12,17H2,1-2H3,(H,18,19)/t15-/m0/s1. The van der Waals surface area contributed by atoms with E-state index in [9.17, 15) is 4.79 Å². The van der Waals surface area contributed by atoms with Crippen molar-refractivity contribution in [1.29, 1.82) is 0 Å². The lowest BCUT2D eigenvalue weighted by atomic mass is 9.94. The predicted molar refractivity (Wildman–Crippen MR) is 80.8 cm³/mol. The molecule has 0 fully saturated rings. The first-order valence-electron chi connectivity index (χ1n) is 7.76. The molecule has 0 bridgehead atoms. The number of allylic oxidation sites excluding steroid dienone is 1. The third-order valence-corrected chi connectivity index (χ3v) is 3.77. The van der Waals surface area contributed by atoms with E-state index < -0.39 is 0 Å². The Morgan fingerprint density at radius 2 is 2.21 bits per heavy atom. The largest absolute Gasteiger partial charge is 0.356 e. The third-order valence-electron chi connectivity index (χ3n) is 3.77. The van der Waals surface area contributed by atoms with E-state index in [4.69, 9.17) is 5.73 Å². The molecule has 3 N–H and O–H groups in total. The van der Waals surface area contributed by atoms with Crippen molar-refractivity contribution in [2.45, 2.75) is 58.8 Å². The minimum atomic E-state index is 0.160. The van der Waals surface area contributed by atoms with Crippen molar-refractivity contribution < 1.29 is 4.79 Å². The third kappa shape index (κ3) is 7.36. The Bertz CT molecular complexity index is 297. The van der Waals surface area contributed by atoms with E-state index in [0.717, 1.165) is 19.4 Å². The highest BCUT2D eigenvalue weighted by Crippen LogP contribution is 2.19. The van der Waals surface area contributed by atoms with Gasteiger partial charge in [0.05, 0.1) is 0 Å². The van der Waals surface area contributed by atoms with Crippen molar-refractivity contribution in [3.8, 4) is 0 Å². The molecule has 1 aliphatic rings. The molecule has 1 aliphatic carbocycles. The minimum Gasteiger partial charge on any atom is -0.356 e. The molecule has 0 aromatic rings. The smallest absolute Gasteiger partial charge is 0.220 e. The van der Waals surface area contributed by atoms with Gasteiger partial charge in [0, 0.05) is 13.0 Å². The van der Waals surface area contributed by atoms with Gasteiger partial charge in [-0.1, -0.05) is 25.5 Å². The fourth-order valence-electron chi connectivity index (χ4n) is 2.76. The molecule has 1 rings (SSSR count). The van der Waals surface area contributed by atoms with Gasteiger partial charge >= 0.3 is 0 Å². The lowest BCUT2D eigenvalue weighted by Crippen LogP contribution is -2.29. The summed E-state index contributed by atoms with van der Waals surface area (Å²) in [6.45, 7) is 5.74. The molecule has 0 aliphatic heterocycles. The Labute approximate surface area is 118 Å². The molecule has 19 heavy (non-hydrogen) atoms. The van der Waals surface area contributed by atoms with Gasteiger partial charge in [0.25, 0.3) is 0 Å². The predicted octanol–water partition coefficient (Wildman–Crippen LogP) is 3.00. The van der Waals surface area contributed by atoms with Crippen LogP contribution in [0.3, 0.4) is 0 Å². The molecule has 0 radical (unpaired) electrons. The molecule has 110 valence electrons. The Balaban J connectivity index is 2.17. The Hall–Kier alpha value is -0.830. The van der Waals surface area contributed by atoms with Crippen molar-refractivity contribution in [3.05, 3.63) is 11.6 Å². The molecular weight excluding hydrogens is 236 g/mol. The number of nitrogens with two attached hydrogens (primary N) is 1. The van der Waals surface area contributed by atoms with Crippen LogP contribution in [0.5, 0.6) is 0 Å². The molecule has 0 unspecified atom stereocenters. The lowest BCUT2D eigenvalue weighted by molar-refractivity contribution is -0.122. The van der Waals surface area contributed by atoms with Gasteiger partial charge in [-0.2, -0.15) is 0 Å². The molecule has 1 atom stereocenters. The van der Waals surface area contributed by atoms with Crippen LogP contribution in [-0.2, 0) is 4.79 Å². The van der Waals surface area contributed by atoms with Gasteiger partial charge in [-0.3, -0.25) is 4.79 Å². The van der Waals surface area contributed by atoms with Crippen molar-refractivity contribution >= 4 is 5.91 Å². The number of hydrogen-bond donors (Lipinski definition) is 2. The molecule has 3 heteroatoms. The highest BCUT2D eigenvalue weighted by Gasteiger charge is 2.13. The maximum Gasteiger partial charge on any atom is 0.220 e. The van der Waals surface area contributed by atoms with Crippen LogP contribution in [0.1, 0.15) is 58.8 Å². The zero-order chi connectivity index (χ0) is 14.1. The van der Waals surface area contributed by atoms with Crippen molar-refractivity contribution in [3.63, 3.8) is 0 Å². The van der Waals surface area contributed by atoms with Gasteiger partial charge in [0.1, 0.15) is 0 Å². The average Bonchev–Trinajstić information content (AvgIpc) is 2.38. The van der Waals surface area contributed by atoms with Crippen LogP contribution >= 0.6 is 0 Å². The Kier molecular flexibility index (Phi) is 7.80. The van der Waals surface area contributed by atoms with Crippen LogP contribution in [0.4, 0.5) is 0 Å². The number of rotatable bonds is 8. The SMILES string of the molecule is CC(C)C[C@H](CN)CC(=O)NCCC1=CCCCC1. The van der Waals surface area contributed by atoms with E-state index in [-0.39, 0.29) is 5.91 Å². The Morgan fingerprint density at radius 1 is 1.42 bits per heavy atom. The first kappa shape index (κ1) is 16.2. The van der Waals surface area contributed by atoms with Crippen LogP contribution in [0.15, 0.2) is 11.6 Å². The number of nitrogens with one attached hydrogen (secondary N) is 1. The Morgan fingerprint density at radius 3 is 2.79 bits per heavy atom. The minimum absolute atomic E-state index is 0.160. The van der Waals surface area contributed by atoms with Crippen LogP contribution in [0.2, 0.25) is 0 Å². The lowest BCUT2D eigenvalue weighted by Gasteiger charge is -2.17. The summed E-state index contributed by atoms with van der Waals surface area (Å²) in [6, 6.07) is 0. The van der Waals surface area contributed by atoms with E-state index in [0.29, 0.717) is 24.8 Å². The number of carbonyl (C=O) groups excluding carboxylic acids is 1. The van der Waals surface area contributed by atoms with Crippen molar-refractivity contribution in [1.82, 2.24) is 5.32 Å². The van der Waals surface area contributed by atoms with Crippen LogP contribution in [0.25, 0.3) is 0 Å². The van der Waals surface area contributed by atoms with Gasteiger partial charge in [-0.15, -0.1) is 0 Å². The molecule has 1 amide bonds. The fourth-order valence-corrected chi connectivity index (χ4v) is 2.76. The van der Waals surface area contributed by atoms with Crippen LogP contribution < -0.4 is 11.1 Å². The summed E-state index contributed by atoms with van der Waals surface area (Å²) in [5.41, 5.74) is 7.24. The second kappa shape index (κ2) is 9.13. The van der Waals surface area contributed by atoms with Crippen molar-refractivity contribution in [2.24, 2.45) is 17.6 Å². The first-order chi connectivity index (χ1) is 9.11. The molecule has 0 spiro atoms. The molecule has 0 aromatic heterocycles. The number of amides is 1. The quantitative estimate of drug-likeness (QED) is 0.664. The number of hydrogen-bond acceptors (Lipinski definition) is 2. The molecule has 3 nitrogen and oxygen atoms in total. The molecule has 0 saturated heterocycles. The van der Waals surface area contributed by atoms with E-state index in [1.54, 1.807) is 0 Å². The molecular formula is C16H30N2O. The molecule has 0 heterocycles. The first-order valence-corrected chi connectivity index (χ1v) is 7.76. The second-order valence-corrected chi connectivity index (χ2v) is 6.14. The molecule has 0 aromatic carbocycles. The van der Waals surface area contributed by atoms with Crippen LogP contribution in [0, 0.1) is 11.8 Å². The fraction of sp³-hybridized carbons (Fsp3) is 0.812. The normalized spacial score (nSPS) is 17.2. The van der Waals surface area contributed by atoms with E-state index in [1.807, 2.05) is 0 Å². The van der Waals surface area contributed by atoms with E-state index in [2.05, 4.69) is 25.2 Å². The summed E-state index contributed by atoms with van der Waals surface area (Å²) in [4.78, 5) is 11.8. The zero-order valence-electron chi connectivity index (χ0n) is 12.6. The maximum absolute atomic E-state index is 11.8. The van der Waals surface area contributed by atoms with Gasteiger partial charge < -0.3 is 11.1 Å². The summed E-state index contributed by atoms with van der Waals surface area (Å²) in [7, 11) is 0. The highest BCUT2D eigenvalue weighted by molar-refractivity contribution is 5.76. The summed E-state index contributed by atoms with van der Waals surface area (Å²) in [6.07, 6.45) is 10.0. The monoisotopic (exact) mass is 266 g/mol. The second-order valence-electron chi connectivity index (χ2n) is 6.14. The van der Waals surface area contributed by atoms with Crippen molar-refractivity contribution in [2.75, 3.05) is 13.1 Å². The topological polar surface area (TPSA) is 55.1 Å². The molecule has 0 saturated carbocycles. The maximum atomic E-state index is 11.8. The summed E-state index contributed by atoms with van der Waals surface area (Å²) in [5.74, 6) is 1.09. The summed E-state index contributed by atoms with van der Waals surface area (Å²) >= 11 is 0. The summed E-state index contributed by atoms with van der Waals surface area (Å²) in [5, 5.41) is 3.03. The number of carbonyl (C=O) groups is 1. The van der Waals surface area contributed by atoms with Gasteiger partial charge in [0.2, 0.25) is 5.91 Å². The van der Waals surface area contributed by atoms with Gasteiger partial charge in [-0.25, -0.2) is 0 Å². The van der Waals surface area contributed by atoms with E-state index in [1.165, 1.54) is 31.3 Å². The van der Waals surface area contributed by atoms with E-state index >= 15 is 0 Å². The zero-order valence-corrected chi connectivity index (χ0v) is 12.6. The van der Waals surface area contributed by atoms with Gasteiger partial charge in [-0.05, 0) is 56.9 Å². The highest BCUT2D eigenvalue weighted by atomic mass is 16.1. The summed E-state index contributed by atoms with van der Waals surface area (Å²) < 4.78 is 0. The average molecular weight is 266 g/mol. The van der Waals surface area contributed by atoms with Crippen LogP contribution in [-0.4, -0.2) is 19.0 Å².